The third-order valence-electron chi connectivity index (χ3n) is 0. The molecule has 0 aromatic heterocycles. The number of rotatable bonds is 0. The summed E-state index contributed by atoms with van der Waals surface area (Å²) in [6.07, 6.45) is 0. The fourth-order valence-corrected chi connectivity index (χ4v) is 0. The first-order chi connectivity index (χ1) is 1.00. The van der Waals surface area contributed by atoms with Gasteiger partial charge in [-0.25, -0.2) is 0 Å². The second kappa shape index (κ2) is 24.5. The van der Waals surface area contributed by atoms with Gasteiger partial charge in [-0.1, -0.05) is 0 Å². The first kappa shape index (κ1) is 23.0. The molecule has 5 heteroatoms. The van der Waals surface area contributed by atoms with Crippen LogP contribution in [0.4, 0.5) is 0 Å². The fraction of sp³-hybridized carbons (Fsp3) is 0. The van der Waals surface area contributed by atoms with Gasteiger partial charge < -0.3 is 5.71 Å². The summed E-state index contributed by atoms with van der Waals surface area (Å²) in [5.41, 5.74) is 0. The van der Waals surface area contributed by atoms with E-state index in [1.807, 2.05) is 0 Å². The summed E-state index contributed by atoms with van der Waals surface area (Å²) >= 11 is 2.94. The van der Waals surface area contributed by atoms with Gasteiger partial charge in [0.25, 0.3) is 0 Å². The Hall–Kier alpha value is 3.99. The Morgan fingerprint density at radius 1 is 1.40 bits per heavy atom. The van der Waals surface area contributed by atoms with Gasteiger partial charge in [0, 0.05) is 27.7 Å². The molecule has 0 fully saturated rings. The van der Waals surface area contributed by atoms with E-state index in [4.69, 9.17) is 3.83 Å². The van der Waals surface area contributed by atoms with Crippen molar-refractivity contribution in [2.45, 2.75) is 0 Å². The van der Waals surface area contributed by atoms with Gasteiger partial charge in [-0.2, -0.15) is 0 Å². The monoisotopic (exact) mass is 413 g/mol. The molecule has 0 N–H and O–H groups in total. The quantitative estimate of drug-likeness (QED) is 0.494. The molecule has 0 aliphatic rings. The van der Waals surface area contributed by atoms with Gasteiger partial charge in [0.2, 0.25) is 0 Å². The zero-order valence-electron chi connectivity index (χ0n) is 6.83. The van der Waals surface area contributed by atoms with Crippen molar-refractivity contribution in [3.05, 3.63) is 0 Å². The summed E-state index contributed by atoms with van der Waals surface area (Å²) in [6.45, 7) is 0. The zero-order valence-corrected chi connectivity index (χ0v) is 15.0. The van der Waals surface area contributed by atoms with Crippen LogP contribution in [0.1, 0.15) is 5.71 Å². The molecule has 0 unspecified atom stereocenters. The first-order valence-corrected chi connectivity index (χ1v) is 0.508. The molecular formula is H4CaCuHgOSr. The molecule has 0 heterocycles. The van der Waals surface area contributed by atoms with E-state index in [0.717, 1.165) is 0 Å². The molecule has 0 amide bonds. The van der Waals surface area contributed by atoms with Gasteiger partial charge in [-0.15, -0.1) is 0 Å². The van der Waals surface area contributed by atoms with Gasteiger partial charge in [-0.05, 0) is 0 Å². The maximum Gasteiger partial charge on any atom is 2.00 e. The van der Waals surface area contributed by atoms with E-state index in [9.17, 15) is 0 Å². The number of hydrogen-bond acceptors (Lipinski definition) is 1. The Morgan fingerprint density at radius 2 is 1.40 bits per heavy atom. The van der Waals surface area contributed by atoms with Crippen LogP contribution >= 0.6 is 0 Å². The molecule has 0 aromatic carbocycles. The molecule has 0 aliphatic carbocycles. The van der Waals surface area contributed by atoms with Crippen LogP contribution in [-0.4, -0.2) is 83.2 Å². The van der Waals surface area contributed by atoms with Gasteiger partial charge >= 0.3 is 103 Å². The minimum Gasteiger partial charge on any atom is 2.00 e. The van der Waals surface area contributed by atoms with Crippen LogP contribution in [0.3, 0.4) is 0 Å². The van der Waals surface area contributed by atoms with Crippen molar-refractivity contribution in [1.82, 2.24) is 0 Å². The average molecular weight is 412 g/mol. The largest absolute Gasteiger partial charge is 2.00 e. The standard InChI is InChI=1S/Ca.Cu.Hg.O.Sr.4H/q+2;;;;+2;4*-1. The van der Waals surface area contributed by atoms with Crippen LogP contribution in [0, 0.1) is 0 Å². The Morgan fingerprint density at radius 3 is 1.40 bits per heavy atom. The first-order valence-electron chi connectivity index (χ1n) is 0.123. The van der Waals surface area contributed by atoms with Gasteiger partial charge in [0.15, 0.2) is 0 Å². The number of hydrogen-bond donors (Lipinski definition) is 0. The normalized spacial score (nSPS) is 1.20. The van der Waals surface area contributed by atoms with Crippen molar-refractivity contribution in [2.75, 3.05) is 0 Å². The maximum absolute atomic E-state index is 7.81. The van der Waals surface area contributed by atoms with E-state index in [1.54, 1.807) is 0 Å². The molecular weight excluding hydrogens is 408 g/mol. The van der Waals surface area contributed by atoms with Crippen LogP contribution in [-0.2, 0) is 47.4 Å². The molecule has 0 bridgehead atoms. The fourth-order valence-electron chi connectivity index (χ4n) is 0. The summed E-state index contributed by atoms with van der Waals surface area (Å²) in [5.74, 6) is 0. The maximum atomic E-state index is 7.81. The van der Waals surface area contributed by atoms with E-state index < -0.39 is 0 Å². The minimum absolute atomic E-state index is 0. The Labute approximate surface area is 133 Å². The van der Waals surface area contributed by atoms with Crippen molar-refractivity contribution in [2.24, 2.45) is 0 Å². The van der Waals surface area contributed by atoms with Crippen molar-refractivity contribution in [1.29, 1.82) is 0 Å². The molecule has 0 radical (unpaired) electrons. The molecule has 0 rings (SSSR count). The second-order valence-corrected chi connectivity index (χ2v) is 0. The van der Waals surface area contributed by atoms with Crippen molar-refractivity contribution in [3.63, 3.8) is 0 Å². The van der Waals surface area contributed by atoms with Gasteiger partial charge in [0.1, 0.15) is 0 Å². The van der Waals surface area contributed by atoms with Gasteiger partial charge in [0.05, 0.1) is 0 Å². The van der Waals surface area contributed by atoms with E-state index >= 15 is 0 Å². The molecule has 27 valence electrons. The van der Waals surface area contributed by atoms with Crippen LogP contribution < -0.4 is 0 Å². The van der Waals surface area contributed by atoms with Crippen LogP contribution in [0.2, 0.25) is 0 Å². The Balaban J connectivity index is -0.000000000238. The van der Waals surface area contributed by atoms with Gasteiger partial charge in [-0.3, -0.25) is 0 Å². The van der Waals surface area contributed by atoms with E-state index in [0.29, 0.717) is 0 Å². The van der Waals surface area contributed by atoms with E-state index in [2.05, 4.69) is 15.9 Å². The third kappa shape index (κ3) is 18.0. The predicted octanol–water partition coefficient (Wildman–Crippen LogP) is -0.435. The smallest absolute Gasteiger partial charge is 2.00 e. The summed E-state index contributed by atoms with van der Waals surface area (Å²) in [5, 5.41) is 0. The SMILES string of the molecule is [Ca+2].[H-].[H-].[H-].[H-].[Hg].[O]=[Cu].[Sr+2]. The van der Waals surface area contributed by atoms with Crippen molar-refractivity contribution >= 4 is 83.2 Å². The molecule has 1 nitrogen and oxygen atoms in total. The average Bonchev–Trinajstić information content (AvgIpc) is 1.00. The van der Waals surface area contributed by atoms with Crippen LogP contribution in [0.5, 0.6) is 0 Å². The molecule has 5 heavy (non-hydrogen) atoms. The van der Waals surface area contributed by atoms with Crippen molar-refractivity contribution in [3.8, 4) is 0 Å². The topological polar surface area (TPSA) is 17.1 Å². The molecule has 0 aromatic rings. The molecule has 0 atom stereocenters. The molecule has 0 saturated heterocycles. The zero-order chi connectivity index (χ0) is 2.00. The summed E-state index contributed by atoms with van der Waals surface area (Å²) in [6, 6.07) is 0. The Bertz CT molecular complexity index is 20.5. The van der Waals surface area contributed by atoms with Crippen LogP contribution in [0.15, 0.2) is 0 Å². The second-order valence-electron chi connectivity index (χ2n) is 0. The Kier molecular flexibility index (Phi) is 113. The summed E-state index contributed by atoms with van der Waals surface area (Å²) in [4.78, 5) is 0. The van der Waals surface area contributed by atoms with Crippen LogP contribution in [0.25, 0.3) is 0 Å². The minimum atomic E-state index is 0. The summed E-state index contributed by atoms with van der Waals surface area (Å²) in [7, 11) is 0. The van der Waals surface area contributed by atoms with Crippen molar-refractivity contribution < 1.29 is 53.2 Å². The van der Waals surface area contributed by atoms with E-state index in [1.165, 1.54) is 0 Å². The summed E-state index contributed by atoms with van der Waals surface area (Å²) < 4.78 is 7.81. The third-order valence-corrected chi connectivity index (χ3v) is 0. The molecule has 0 saturated carbocycles. The molecule has 0 aliphatic heterocycles. The van der Waals surface area contributed by atoms with E-state index in [-0.39, 0.29) is 117 Å². The predicted molar refractivity (Wildman–Crippen MR) is 16.6 cm³/mol. The molecule has 0 spiro atoms.